The van der Waals surface area contributed by atoms with Crippen molar-refractivity contribution in [1.29, 1.82) is 0 Å². The average Bonchev–Trinajstić information content (AvgIpc) is 3.14. The smallest absolute Gasteiger partial charge is 0.320 e. The lowest BCUT2D eigenvalue weighted by atomic mass is 10.0. The van der Waals surface area contributed by atoms with E-state index >= 15 is 0 Å². The molecular formula is C26H27N7O2. The van der Waals surface area contributed by atoms with Crippen LogP contribution in [0.3, 0.4) is 0 Å². The van der Waals surface area contributed by atoms with Crippen molar-refractivity contribution in [3.8, 4) is 16.9 Å². The molecule has 2 aromatic heterocycles. The molecule has 6 rings (SSSR count). The maximum absolute atomic E-state index is 13.4. The van der Waals surface area contributed by atoms with Gasteiger partial charge in [-0.15, -0.1) is 0 Å². The molecule has 1 fully saturated rings. The van der Waals surface area contributed by atoms with Crippen molar-refractivity contribution in [2.45, 2.75) is 13.5 Å². The number of hydrogen-bond donors (Lipinski definition) is 1. The van der Waals surface area contributed by atoms with Crippen molar-refractivity contribution >= 4 is 22.9 Å². The number of H-pyrrole nitrogens is 1. The Morgan fingerprint density at radius 1 is 0.971 bits per heavy atom. The number of hydrogen-bond acceptors (Lipinski definition) is 6. The Balaban J connectivity index is 1.18. The number of aryl methyl sites for hydroxylation is 1. The van der Waals surface area contributed by atoms with Gasteiger partial charge in [-0.3, -0.25) is 4.98 Å². The first-order valence-corrected chi connectivity index (χ1v) is 11.9. The number of anilines is 1. The summed E-state index contributed by atoms with van der Waals surface area (Å²) in [6.45, 7) is 6.32. The fraction of sp³-hybridized carbons (Fsp3) is 0.308. The summed E-state index contributed by atoms with van der Waals surface area (Å²) < 4.78 is 6.00. The lowest BCUT2D eigenvalue weighted by Crippen LogP contribution is -2.53. The molecule has 0 atom stereocenters. The minimum Gasteiger partial charge on any atom is -0.491 e. The SMILES string of the molecule is Cc1nc2ccc(-c3ccc4c(c3)CN(C(=O)N3CCN(c5cnccn5)CC3)CCO4)cc2[nH]1. The van der Waals surface area contributed by atoms with E-state index in [-0.39, 0.29) is 6.03 Å². The van der Waals surface area contributed by atoms with E-state index in [2.05, 4.69) is 49.1 Å². The first kappa shape index (κ1) is 21.4. The fourth-order valence-corrected chi connectivity index (χ4v) is 4.84. The van der Waals surface area contributed by atoms with E-state index in [4.69, 9.17) is 4.74 Å². The predicted octanol–water partition coefficient (Wildman–Crippen LogP) is 3.46. The topological polar surface area (TPSA) is 90.5 Å². The van der Waals surface area contributed by atoms with Crippen LogP contribution >= 0.6 is 0 Å². The quantitative estimate of drug-likeness (QED) is 0.484. The monoisotopic (exact) mass is 469 g/mol. The molecule has 1 N–H and O–H groups in total. The van der Waals surface area contributed by atoms with E-state index < -0.39 is 0 Å². The third-order valence-corrected chi connectivity index (χ3v) is 6.67. The molecule has 1 saturated heterocycles. The number of amides is 2. The number of ether oxygens (including phenoxy) is 1. The molecule has 0 spiro atoms. The minimum absolute atomic E-state index is 0.0556. The molecule has 0 saturated carbocycles. The Kier molecular flexibility index (Phi) is 5.44. The number of rotatable bonds is 2. The van der Waals surface area contributed by atoms with Crippen LogP contribution in [0.1, 0.15) is 11.4 Å². The molecule has 4 aromatic rings. The Morgan fingerprint density at radius 2 is 1.80 bits per heavy atom. The summed E-state index contributed by atoms with van der Waals surface area (Å²) in [5.74, 6) is 2.60. The molecular weight excluding hydrogens is 442 g/mol. The van der Waals surface area contributed by atoms with E-state index in [1.807, 2.05) is 28.9 Å². The number of carbonyl (C=O) groups excluding carboxylic acids is 1. The summed E-state index contributed by atoms with van der Waals surface area (Å²) in [5.41, 5.74) is 5.19. The molecule has 2 amide bonds. The second-order valence-corrected chi connectivity index (χ2v) is 8.97. The Hall–Kier alpha value is -4.14. The van der Waals surface area contributed by atoms with Crippen molar-refractivity contribution in [1.82, 2.24) is 29.7 Å². The fourth-order valence-electron chi connectivity index (χ4n) is 4.84. The summed E-state index contributed by atoms with van der Waals surface area (Å²) >= 11 is 0. The highest BCUT2D eigenvalue weighted by atomic mass is 16.5. The normalized spacial score (nSPS) is 16.1. The maximum atomic E-state index is 13.4. The van der Waals surface area contributed by atoms with Gasteiger partial charge in [0.05, 0.1) is 30.3 Å². The summed E-state index contributed by atoms with van der Waals surface area (Å²) in [6.07, 6.45) is 5.14. The first-order valence-electron chi connectivity index (χ1n) is 11.9. The number of benzene rings is 2. The van der Waals surface area contributed by atoms with E-state index in [1.54, 1.807) is 18.6 Å². The number of nitrogens with zero attached hydrogens (tertiary/aromatic N) is 6. The average molecular weight is 470 g/mol. The maximum Gasteiger partial charge on any atom is 0.320 e. The number of carbonyl (C=O) groups is 1. The van der Waals surface area contributed by atoms with Gasteiger partial charge in [-0.1, -0.05) is 12.1 Å². The number of aromatic nitrogens is 4. The molecule has 0 unspecified atom stereocenters. The van der Waals surface area contributed by atoms with E-state index in [1.165, 1.54) is 0 Å². The van der Waals surface area contributed by atoms with Crippen LogP contribution in [0.4, 0.5) is 10.6 Å². The molecule has 4 heterocycles. The van der Waals surface area contributed by atoms with Crippen molar-refractivity contribution in [3.63, 3.8) is 0 Å². The zero-order valence-electron chi connectivity index (χ0n) is 19.6. The van der Waals surface area contributed by atoms with Gasteiger partial charge in [0, 0.05) is 44.1 Å². The highest BCUT2D eigenvalue weighted by Gasteiger charge is 2.28. The van der Waals surface area contributed by atoms with Gasteiger partial charge in [0.25, 0.3) is 0 Å². The van der Waals surface area contributed by atoms with Crippen LogP contribution < -0.4 is 9.64 Å². The molecule has 0 radical (unpaired) electrons. The lowest BCUT2D eigenvalue weighted by Gasteiger charge is -2.37. The third kappa shape index (κ3) is 4.25. The zero-order chi connectivity index (χ0) is 23.8. The van der Waals surface area contributed by atoms with E-state index in [9.17, 15) is 4.79 Å². The predicted molar refractivity (Wildman–Crippen MR) is 133 cm³/mol. The molecule has 0 bridgehead atoms. The van der Waals surface area contributed by atoms with Crippen LogP contribution in [0.25, 0.3) is 22.2 Å². The van der Waals surface area contributed by atoms with E-state index in [0.29, 0.717) is 32.8 Å². The summed E-state index contributed by atoms with van der Waals surface area (Å²) in [6, 6.07) is 12.5. The molecule has 9 heteroatoms. The molecule has 9 nitrogen and oxygen atoms in total. The molecule has 178 valence electrons. The summed E-state index contributed by atoms with van der Waals surface area (Å²) in [7, 11) is 0. The summed E-state index contributed by atoms with van der Waals surface area (Å²) in [5, 5.41) is 0. The highest BCUT2D eigenvalue weighted by Crippen LogP contribution is 2.31. The Bertz CT molecular complexity index is 1360. The first-order chi connectivity index (χ1) is 17.1. The van der Waals surface area contributed by atoms with Gasteiger partial charge < -0.3 is 24.4 Å². The highest BCUT2D eigenvalue weighted by molar-refractivity contribution is 5.82. The lowest BCUT2D eigenvalue weighted by molar-refractivity contribution is 0.143. The number of aromatic amines is 1. The molecule has 0 aliphatic carbocycles. The van der Waals surface area contributed by atoms with Gasteiger partial charge in [0.2, 0.25) is 0 Å². The molecule has 2 aliphatic rings. The van der Waals surface area contributed by atoms with Gasteiger partial charge in [0.15, 0.2) is 0 Å². The van der Waals surface area contributed by atoms with Crippen LogP contribution in [-0.2, 0) is 6.54 Å². The minimum atomic E-state index is 0.0556. The van der Waals surface area contributed by atoms with Crippen molar-refractivity contribution in [3.05, 3.63) is 66.4 Å². The zero-order valence-corrected chi connectivity index (χ0v) is 19.6. The van der Waals surface area contributed by atoms with Crippen LogP contribution in [-0.4, -0.2) is 75.1 Å². The van der Waals surface area contributed by atoms with Crippen LogP contribution in [0.5, 0.6) is 5.75 Å². The third-order valence-electron chi connectivity index (χ3n) is 6.67. The summed E-state index contributed by atoms with van der Waals surface area (Å²) in [4.78, 5) is 35.7. The number of imidazole rings is 1. The van der Waals surface area contributed by atoms with E-state index in [0.717, 1.165) is 58.2 Å². The Morgan fingerprint density at radius 3 is 2.63 bits per heavy atom. The number of nitrogens with one attached hydrogen (secondary N) is 1. The van der Waals surface area contributed by atoms with Gasteiger partial charge >= 0.3 is 6.03 Å². The van der Waals surface area contributed by atoms with Crippen molar-refractivity contribution < 1.29 is 9.53 Å². The van der Waals surface area contributed by atoms with Crippen molar-refractivity contribution in [2.75, 3.05) is 44.2 Å². The van der Waals surface area contributed by atoms with Gasteiger partial charge in [0.1, 0.15) is 24.0 Å². The van der Waals surface area contributed by atoms with Gasteiger partial charge in [-0.25, -0.2) is 14.8 Å². The van der Waals surface area contributed by atoms with Gasteiger partial charge in [-0.05, 0) is 42.3 Å². The number of urea groups is 1. The van der Waals surface area contributed by atoms with Gasteiger partial charge in [-0.2, -0.15) is 0 Å². The Labute approximate surface area is 203 Å². The molecule has 2 aliphatic heterocycles. The molecule has 2 aromatic carbocycles. The van der Waals surface area contributed by atoms with Crippen LogP contribution in [0.2, 0.25) is 0 Å². The van der Waals surface area contributed by atoms with Crippen LogP contribution in [0, 0.1) is 6.92 Å². The second kappa shape index (κ2) is 8.90. The van der Waals surface area contributed by atoms with Crippen LogP contribution in [0.15, 0.2) is 55.0 Å². The second-order valence-electron chi connectivity index (χ2n) is 8.97. The standard InChI is InChI=1S/C26H27N7O2/c1-18-29-22-4-2-20(15-23(22)30-18)19-3-5-24-21(14-19)17-33(12-13-35-24)26(34)32-10-8-31(9-11-32)25-16-27-6-7-28-25/h2-7,14-16H,8-13,17H2,1H3,(H,29,30). The number of piperazine rings is 1. The number of fused-ring (bicyclic) bond motifs is 2. The molecule has 35 heavy (non-hydrogen) atoms. The van der Waals surface area contributed by atoms with Crippen molar-refractivity contribution in [2.24, 2.45) is 0 Å². The largest absolute Gasteiger partial charge is 0.491 e.